The van der Waals surface area contributed by atoms with E-state index in [-0.39, 0.29) is 24.7 Å². The largest absolute Gasteiger partial charge is 0.326 e. The third-order valence-corrected chi connectivity index (χ3v) is 3.91. The van der Waals surface area contributed by atoms with Gasteiger partial charge in [0.1, 0.15) is 0 Å². The number of nitrogens with one attached hydrogen (secondary N) is 2. The summed E-state index contributed by atoms with van der Waals surface area (Å²) in [6.07, 6.45) is 4.63. The van der Waals surface area contributed by atoms with Crippen LogP contribution in [0.25, 0.3) is 0 Å². The van der Waals surface area contributed by atoms with Gasteiger partial charge in [0.05, 0.1) is 0 Å². The molecule has 1 aliphatic rings. The molecule has 0 aliphatic heterocycles. The van der Waals surface area contributed by atoms with Crippen LogP contribution in [0.5, 0.6) is 0 Å². The molecule has 5 nitrogen and oxygen atoms in total. The molecule has 1 aromatic rings. The van der Waals surface area contributed by atoms with Gasteiger partial charge in [-0.3, -0.25) is 9.59 Å². The van der Waals surface area contributed by atoms with Gasteiger partial charge in [-0.1, -0.05) is 25.1 Å². The third-order valence-electron chi connectivity index (χ3n) is 3.91. The second-order valence-electron chi connectivity index (χ2n) is 5.55. The molecule has 1 saturated carbocycles. The standard InChI is InChI=1S/C17H23N3O2/c1-2-13-7-6-10-15(13)19-20-17(22)12-11-16(21)18-14-8-4-3-5-9-14/h3-5,8-9,13H,2,6-7,10-12H2,1H3,(H,18,21)(H,20,22). The zero-order valence-corrected chi connectivity index (χ0v) is 13.0. The summed E-state index contributed by atoms with van der Waals surface area (Å²) in [6.45, 7) is 2.14. The van der Waals surface area contributed by atoms with Crippen LogP contribution in [0.2, 0.25) is 0 Å². The maximum atomic E-state index is 11.8. The summed E-state index contributed by atoms with van der Waals surface area (Å²) in [4.78, 5) is 23.5. The minimum absolute atomic E-state index is 0.145. The summed E-state index contributed by atoms with van der Waals surface area (Å²) in [7, 11) is 0. The van der Waals surface area contributed by atoms with E-state index in [0.717, 1.165) is 37.1 Å². The Morgan fingerprint density at radius 2 is 1.91 bits per heavy atom. The summed E-state index contributed by atoms with van der Waals surface area (Å²) >= 11 is 0. The highest BCUT2D eigenvalue weighted by atomic mass is 16.2. The normalized spacial score (nSPS) is 19.1. The van der Waals surface area contributed by atoms with Gasteiger partial charge in [-0.05, 0) is 43.7 Å². The van der Waals surface area contributed by atoms with Gasteiger partial charge in [0.2, 0.25) is 11.8 Å². The number of anilines is 1. The second kappa shape index (κ2) is 8.32. The number of rotatable bonds is 6. The Bertz CT molecular complexity index is 540. The summed E-state index contributed by atoms with van der Waals surface area (Å²) in [5.74, 6) is 0.125. The van der Waals surface area contributed by atoms with E-state index in [1.54, 1.807) is 0 Å². The molecule has 2 rings (SSSR count). The second-order valence-corrected chi connectivity index (χ2v) is 5.55. The topological polar surface area (TPSA) is 70.6 Å². The molecule has 0 aromatic heterocycles. The predicted molar refractivity (Wildman–Crippen MR) is 87.5 cm³/mol. The fourth-order valence-electron chi connectivity index (χ4n) is 2.65. The van der Waals surface area contributed by atoms with Crippen molar-refractivity contribution in [3.8, 4) is 0 Å². The van der Waals surface area contributed by atoms with Crippen LogP contribution in [0.4, 0.5) is 5.69 Å². The van der Waals surface area contributed by atoms with Gasteiger partial charge in [0.25, 0.3) is 0 Å². The van der Waals surface area contributed by atoms with E-state index in [0.29, 0.717) is 5.92 Å². The number of carbonyl (C=O) groups is 2. The highest BCUT2D eigenvalue weighted by molar-refractivity contribution is 5.93. The van der Waals surface area contributed by atoms with Gasteiger partial charge in [0.15, 0.2) is 0 Å². The first-order chi connectivity index (χ1) is 10.7. The molecular formula is C17H23N3O2. The van der Waals surface area contributed by atoms with Crippen molar-refractivity contribution >= 4 is 23.2 Å². The molecule has 0 saturated heterocycles. The van der Waals surface area contributed by atoms with Gasteiger partial charge in [-0.15, -0.1) is 0 Å². The quantitative estimate of drug-likeness (QED) is 0.793. The van der Waals surface area contributed by atoms with Crippen LogP contribution in [0.15, 0.2) is 35.4 Å². The molecule has 1 atom stereocenters. The molecule has 0 radical (unpaired) electrons. The number of carbonyl (C=O) groups excluding carboxylic acids is 2. The van der Waals surface area contributed by atoms with Crippen LogP contribution in [-0.4, -0.2) is 17.5 Å². The summed E-state index contributed by atoms with van der Waals surface area (Å²) in [5.41, 5.74) is 4.41. The molecule has 2 amide bonds. The lowest BCUT2D eigenvalue weighted by Gasteiger charge is -2.08. The molecular weight excluding hydrogens is 278 g/mol. The van der Waals surface area contributed by atoms with Gasteiger partial charge >= 0.3 is 0 Å². The number of hydrogen-bond donors (Lipinski definition) is 2. The smallest absolute Gasteiger partial charge is 0.240 e. The molecule has 1 aromatic carbocycles. The zero-order valence-electron chi connectivity index (χ0n) is 13.0. The van der Waals surface area contributed by atoms with E-state index >= 15 is 0 Å². The van der Waals surface area contributed by atoms with Crippen LogP contribution >= 0.6 is 0 Å². The molecule has 1 unspecified atom stereocenters. The van der Waals surface area contributed by atoms with Crippen molar-refractivity contribution in [1.29, 1.82) is 0 Å². The highest BCUT2D eigenvalue weighted by Crippen LogP contribution is 2.24. The summed E-state index contributed by atoms with van der Waals surface area (Å²) < 4.78 is 0. The van der Waals surface area contributed by atoms with E-state index in [4.69, 9.17) is 0 Å². The van der Waals surface area contributed by atoms with Crippen LogP contribution in [-0.2, 0) is 9.59 Å². The monoisotopic (exact) mass is 301 g/mol. The maximum Gasteiger partial charge on any atom is 0.240 e. The van der Waals surface area contributed by atoms with Crippen LogP contribution in [0.1, 0.15) is 45.4 Å². The van der Waals surface area contributed by atoms with Crippen molar-refractivity contribution < 1.29 is 9.59 Å². The number of benzene rings is 1. The van der Waals surface area contributed by atoms with Crippen LogP contribution in [0, 0.1) is 5.92 Å². The third kappa shape index (κ3) is 4.98. The zero-order chi connectivity index (χ0) is 15.8. The molecule has 0 bridgehead atoms. The molecule has 2 N–H and O–H groups in total. The van der Waals surface area contributed by atoms with Crippen LogP contribution in [0.3, 0.4) is 0 Å². The minimum atomic E-state index is -0.211. The number of nitrogens with zero attached hydrogens (tertiary/aromatic N) is 1. The van der Waals surface area contributed by atoms with E-state index in [9.17, 15) is 9.59 Å². The first-order valence-corrected chi connectivity index (χ1v) is 7.89. The summed E-state index contributed by atoms with van der Waals surface area (Å²) in [5, 5.41) is 6.98. The molecule has 118 valence electrons. The lowest BCUT2D eigenvalue weighted by atomic mass is 10.0. The molecule has 22 heavy (non-hydrogen) atoms. The summed E-state index contributed by atoms with van der Waals surface area (Å²) in [6, 6.07) is 9.22. The molecule has 0 heterocycles. The average Bonchev–Trinajstić information content (AvgIpc) is 2.99. The molecule has 0 spiro atoms. The molecule has 1 fully saturated rings. The van der Waals surface area contributed by atoms with Crippen molar-refractivity contribution in [2.24, 2.45) is 11.0 Å². The fraction of sp³-hybridized carbons (Fsp3) is 0.471. The van der Waals surface area contributed by atoms with E-state index < -0.39 is 0 Å². The number of amides is 2. The van der Waals surface area contributed by atoms with E-state index in [2.05, 4.69) is 22.8 Å². The number of para-hydroxylation sites is 1. The van der Waals surface area contributed by atoms with Gasteiger partial charge in [0, 0.05) is 24.2 Å². The SMILES string of the molecule is CCC1CCCC1=NNC(=O)CCC(=O)Nc1ccccc1. The van der Waals surface area contributed by atoms with Crippen molar-refractivity contribution in [2.45, 2.75) is 45.4 Å². The number of hydrogen-bond acceptors (Lipinski definition) is 3. The van der Waals surface area contributed by atoms with Gasteiger partial charge in [-0.25, -0.2) is 5.43 Å². The number of hydrazone groups is 1. The lowest BCUT2D eigenvalue weighted by molar-refractivity contribution is -0.124. The molecule has 5 heteroatoms. The van der Waals surface area contributed by atoms with Crippen molar-refractivity contribution in [1.82, 2.24) is 5.43 Å². The van der Waals surface area contributed by atoms with Crippen LogP contribution < -0.4 is 10.7 Å². The minimum Gasteiger partial charge on any atom is -0.326 e. The Balaban J connectivity index is 1.71. The Morgan fingerprint density at radius 1 is 1.18 bits per heavy atom. The Morgan fingerprint density at radius 3 is 2.64 bits per heavy atom. The Labute approximate surface area is 131 Å². The van der Waals surface area contributed by atoms with E-state index in [1.807, 2.05) is 30.3 Å². The highest BCUT2D eigenvalue weighted by Gasteiger charge is 2.20. The Hall–Kier alpha value is -2.17. The van der Waals surface area contributed by atoms with E-state index in [1.165, 1.54) is 0 Å². The first-order valence-electron chi connectivity index (χ1n) is 7.89. The Kier molecular flexibility index (Phi) is 6.13. The van der Waals surface area contributed by atoms with Gasteiger partial charge in [-0.2, -0.15) is 5.10 Å². The van der Waals surface area contributed by atoms with Gasteiger partial charge < -0.3 is 5.32 Å². The van der Waals surface area contributed by atoms with Crippen molar-refractivity contribution in [3.63, 3.8) is 0 Å². The predicted octanol–water partition coefficient (Wildman–Crippen LogP) is 3.09. The fourth-order valence-corrected chi connectivity index (χ4v) is 2.65. The maximum absolute atomic E-state index is 11.8. The average molecular weight is 301 g/mol. The lowest BCUT2D eigenvalue weighted by Crippen LogP contribution is -2.22. The molecule has 1 aliphatic carbocycles. The van der Waals surface area contributed by atoms with Crippen molar-refractivity contribution in [2.75, 3.05) is 5.32 Å². The van der Waals surface area contributed by atoms with Crippen molar-refractivity contribution in [3.05, 3.63) is 30.3 Å². The first kappa shape index (κ1) is 16.2.